The zero-order valence-electron chi connectivity index (χ0n) is 19.7. The predicted octanol–water partition coefficient (Wildman–Crippen LogP) is 4.12. The summed E-state index contributed by atoms with van der Waals surface area (Å²) < 4.78 is 5.00. The van der Waals surface area contributed by atoms with Gasteiger partial charge in [-0.3, -0.25) is 9.59 Å². The normalized spacial score (nSPS) is 21.5. The van der Waals surface area contributed by atoms with Gasteiger partial charge in [0.1, 0.15) is 5.82 Å². The van der Waals surface area contributed by atoms with Gasteiger partial charge in [0.15, 0.2) is 0 Å². The van der Waals surface area contributed by atoms with Gasteiger partial charge in [-0.15, -0.1) is 0 Å². The number of fused-ring (bicyclic) bond motifs is 2. The highest BCUT2D eigenvalue weighted by Crippen LogP contribution is 2.52. The van der Waals surface area contributed by atoms with Gasteiger partial charge in [0.25, 0.3) is 5.91 Å². The number of nitrogens with one attached hydrogen (secondary N) is 1. The largest absolute Gasteiger partial charge is 0.460 e. The summed E-state index contributed by atoms with van der Waals surface area (Å²) in [6.45, 7) is 9.58. The molecule has 176 valence electrons. The second kappa shape index (κ2) is 9.54. The predicted molar refractivity (Wildman–Crippen MR) is 126 cm³/mol. The van der Waals surface area contributed by atoms with Crippen LogP contribution in [0.2, 0.25) is 0 Å². The third-order valence-corrected chi connectivity index (χ3v) is 7.67. The molecule has 1 unspecified atom stereocenters. The molecule has 1 aromatic carbocycles. The number of allylic oxidation sites excluding steroid dienone is 1. The molecule has 1 saturated heterocycles. The molecule has 2 aliphatic carbocycles. The minimum atomic E-state index is -0.741. The van der Waals surface area contributed by atoms with Crippen LogP contribution in [0, 0.1) is 0 Å². The fraction of sp³-hybridized carbons (Fsp3) is 0.519. The van der Waals surface area contributed by atoms with Crippen molar-refractivity contribution in [1.29, 1.82) is 0 Å². The van der Waals surface area contributed by atoms with Crippen molar-refractivity contribution in [3.05, 3.63) is 58.9 Å². The fourth-order valence-corrected chi connectivity index (χ4v) is 5.80. The standard InChI is InChI=1S/C27H34N2O4/c1-4-33-26(32)24(30)22-17-27(23-12-8-7-11-21(22)23)13-15-29(16-14-27)19(3)28-25(31)20-10-6-5-9-18(20)2/h7-8,11-12,22H,3-6,9-10,13-17H2,1-2H3,(H,28,31). The number of Topliss-reactive ketones (excluding diaryl/α,β-unsaturated/α-hetero) is 1. The monoisotopic (exact) mass is 450 g/mol. The van der Waals surface area contributed by atoms with Crippen molar-refractivity contribution in [3.8, 4) is 0 Å². The van der Waals surface area contributed by atoms with E-state index in [1.54, 1.807) is 6.92 Å². The Morgan fingerprint density at radius 1 is 1.15 bits per heavy atom. The van der Waals surface area contributed by atoms with Crippen LogP contribution in [0.15, 0.2) is 47.8 Å². The maximum Gasteiger partial charge on any atom is 0.375 e. The molecule has 33 heavy (non-hydrogen) atoms. The van der Waals surface area contributed by atoms with E-state index in [1.165, 1.54) is 11.1 Å². The molecule has 6 heteroatoms. The Morgan fingerprint density at radius 3 is 2.55 bits per heavy atom. The molecule has 0 radical (unpaired) electrons. The first-order chi connectivity index (χ1) is 15.9. The van der Waals surface area contributed by atoms with Gasteiger partial charge >= 0.3 is 5.97 Å². The molecule has 1 N–H and O–H groups in total. The molecule has 0 saturated carbocycles. The van der Waals surface area contributed by atoms with Gasteiger partial charge in [-0.1, -0.05) is 36.4 Å². The van der Waals surface area contributed by atoms with Gasteiger partial charge in [0.2, 0.25) is 5.78 Å². The first-order valence-corrected chi connectivity index (χ1v) is 12.1. The lowest BCUT2D eigenvalue weighted by molar-refractivity contribution is -0.154. The number of carbonyl (C=O) groups excluding carboxylic acids is 3. The van der Waals surface area contributed by atoms with E-state index in [1.807, 2.05) is 25.1 Å². The molecule has 1 amide bonds. The van der Waals surface area contributed by atoms with E-state index in [0.717, 1.165) is 62.8 Å². The van der Waals surface area contributed by atoms with Crippen LogP contribution in [0.1, 0.15) is 75.8 Å². The molecule has 3 aliphatic rings. The van der Waals surface area contributed by atoms with Crippen molar-refractivity contribution >= 4 is 17.7 Å². The summed E-state index contributed by atoms with van der Waals surface area (Å²) in [5, 5.41) is 3.02. The van der Waals surface area contributed by atoms with Gasteiger partial charge in [0.05, 0.1) is 12.5 Å². The molecule has 6 nitrogen and oxygen atoms in total. The van der Waals surface area contributed by atoms with Crippen LogP contribution in [-0.4, -0.2) is 42.3 Å². The fourth-order valence-electron chi connectivity index (χ4n) is 5.80. The lowest BCUT2D eigenvalue weighted by atomic mass is 9.73. The van der Waals surface area contributed by atoms with Crippen LogP contribution in [0.4, 0.5) is 0 Å². The van der Waals surface area contributed by atoms with Crippen LogP contribution < -0.4 is 5.32 Å². The van der Waals surface area contributed by atoms with E-state index in [9.17, 15) is 14.4 Å². The SMILES string of the molecule is C=C(NC(=O)C1=C(C)CCCC1)N1CCC2(CC1)CC(C(=O)C(=O)OCC)c1ccccc12. The maximum atomic E-state index is 12.8. The lowest BCUT2D eigenvalue weighted by Gasteiger charge is -2.42. The number of benzene rings is 1. The van der Waals surface area contributed by atoms with Gasteiger partial charge in [-0.25, -0.2) is 4.79 Å². The summed E-state index contributed by atoms with van der Waals surface area (Å²) in [6.07, 6.45) is 6.35. The Balaban J connectivity index is 1.44. The summed E-state index contributed by atoms with van der Waals surface area (Å²) in [7, 11) is 0. The molecule has 1 aliphatic heterocycles. The minimum Gasteiger partial charge on any atom is -0.460 e. The van der Waals surface area contributed by atoms with Crippen molar-refractivity contribution < 1.29 is 19.1 Å². The highest BCUT2D eigenvalue weighted by molar-refractivity contribution is 6.36. The number of hydrogen-bond donors (Lipinski definition) is 1. The summed E-state index contributed by atoms with van der Waals surface area (Å²) in [5.41, 5.74) is 4.07. The Labute approximate surface area is 196 Å². The maximum absolute atomic E-state index is 12.8. The molecule has 0 bridgehead atoms. The number of piperidine rings is 1. The number of rotatable bonds is 6. The van der Waals surface area contributed by atoms with Crippen molar-refractivity contribution in [2.45, 2.75) is 70.1 Å². The second-order valence-corrected chi connectivity index (χ2v) is 9.56. The minimum absolute atomic E-state index is 0.0243. The Morgan fingerprint density at radius 2 is 1.85 bits per heavy atom. The first kappa shape index (κ1) is 23.3. The van der Waals surface area contributed by atoms with Crippen LogP contribution in [0.25, 0.3) is 0 Å². The van der Waals surface area contributed by atoms with E-state index in [4.69, 9.17) is 4.74 Å². The first-order valence-electron chi connectivity index (χ1n) is 12.1. The molecule has 4 rings (SSSR count). The zero-order valence-corrected chi connectivity index (χ0v) is 19.7. The summed E-state index contributed by atoms with van der Waals surface area (Å²) >= 11 is 0. The van der Waals surface area contributed by atoms with E-state index in [2.05, 4.69) is 22.9 Å². The molecule has 1 heterocycles. The van der Waals surface area contributed by atoms with Crippen LogP contribution >= 0.6 is 0 Å². The van der Waals surface area contributed by atoms with Crippen LogP contribution in [0.5, 0.6) is 0 Å². The third-order valence-electron chi connectivity index (χ3n) is 7.67. The Kier molecular flexibility index (Phi) is 6.73. The number of nitrogens with zero attached hydrogens (tertiary/aromatic N) is 1. The third kappa shape index (κ3) is 4.48. The number of likely N-dealkylation sites (tertiary alicyclic amines) is 1. The topological polar surface area (TPSA) is 75.7 Å². The summed E-state index contributed by atoms with van der Waals surface area (Å²) in [6, 6.07) is 8.00. The van der Waals surface area contributed by atoms with Crippen molar-refractivity contribution in [2.75, 3.05) is 19.7 Å². The van der Waals surface area contributed by atoms with E-state index in [0.29, 0.717) is 12.2 Å². The smallest absolute Gasteiger partial charge is 0.375 e. The van der Waals surface area contributed by atoms with E-state index in [-0.39, 0.29) is 17.9 Å². The number of esters is 1. The number of carbonyl (C=O) groups is 3. The second-order valence-electron chi connectivity index (χ2n) is 9.56. The highest BCUT2D eigenvalue weighted by atomic mass is 16.5. The van der Waals surface area contributed by atoms with Crippen LogP contribution in [-0.2, 0) is 24.5 Å². The van der Waals surface area contributed by atoms with Crippen molar-refractivity contribution in [2.24, 2.45) is 0 Å². The summed E-state index contributed by atoms with van der Waals surface area (Å²) in [5.74, 6) is -1.02. The lowest BCUT2D eigenvalue weighted by Crippen LogP contribution is -2.45. The quantitative estimate of drug-likeness (QED) is 0.521. The van der Waals surface area contributed by atoms with E-state index < -0.39 is 17.7 Å². The van der Waals surface area contributed by atoms with Gasteiger partial charge in [-0.05, 0) is 75.3 Å². The molecule has 0 aromatic heterocycles. The molecule has 1 aromatic rings. The number of amides is 1. The number of hydrogen-bond acceptors (Lipinski definition) is 5. The van der Waals surface area contributed by atoms with Gasteiger partial charge in [0, 0.05) is 18.7 Å². The number of ketones is 1. The van der Waals surface area contributed by atoms with Gasteiger partial charge in [-0.2, -0.15) is 0 Å². The van der Waals surface area contributed by atoms with Gasteiger partial charge < -0.3 is 15.0 Å². The average molecular weight is 451 g/mol. The molecule has 1 fully saturated rings. The summed E-state index contributed by atoms with van der Waals surface area (Å²) in [4.78, 5) is 39.9. The highest BCUT2D eigenvalue weighted by Gasteiger charge is 2.48. The van der Waals surface area contributed by atoms with Crippen molar-refractivity contribution in [3.63, 3.8) is 0 Å². The van der Waals surface area contributed by atoms with E-state index >= 15 is 0 Å². The molecular weight excluding hydrogens is 416 g/mol. The Hall–Kier alpha value is -2.89. The van der Waals surface area contributed by atoms with Crippen LogP contribution in [0.3, 0.4) is 0 Å². The number of ether oxygens (including phenoxy) is 1. The zero-order chi connectivity index (χ0) is 23.6. The Bertz CT molecular complexity index is 1000. The van der Waals surface area contributed by atoms with Crippen molar-refractivity contribution in [1.82, 2.24) is 10.2 Å². The molecular formula is C27H34N2O4. The average Bonchev–Trinajstić information content (AvgIpc) is 3.13. The molecule has 1 atom stereocenters. The molecule has 1 spiro atoms.